The molecule has 0 spiro atoms. The number of carbonyl (C=O) groups is 1. The first-order valence-corrected chi connectivity index (χ1v) is 7.45. The SMILES string of the molecule is CNC(=O)C1=C(C)NC(=S)NC1c1cc(C)c(OC)cc1C. The van der Waals surface area contributed by atoms with Crippen LogP contribution in [-0.2, 0) is 4.79 Å². The molecule has 0 fully saturated rings. The molecule has 1 aromatic rings. The fourth-order valence-corrected chi connectivity index (χ4v) is 2.98. The lowest BCUT2D eigenvalue weighted by Crippen LogP contribution is -2.46. The summed E-state index contributed by atoms with van der Waals surface area (Å²) in [6.45, 7) is 5.84. The number of methoxy groups -OCH3 is 1. The molecule has 1 aliphatic heterocycles. The molecule has 6 heteroatoms. The van der Waals surface area contributed by atoms with Crippen LogP contribution in [0.25, 0.3) is 0 Å². The molecule has 1 aromatic carbocycles. The van der Waals surface area contributed by atoms with Crippen LogP contribution in [0.1, 0.15) is 29.7 Å². The van der Waals surface area contributed by atoms with Crippen LogP contribution in [-0.4, -0.2) is 25.2 Å². The molecular formula is C16H21N3O2S. The minimum atomic E-state index is -0.279. The molecule has 0 saturated heterocycles. The van der Waals surface area contributed by atoms with Crippen molar-refractivity contribution in [2.24, 2.45) is 0 Å². The number of allylic oxidation sites excluding steroid dienone is 1. The third-order valence-electron chi connectivity index (χ3n) is 3.84. The maximum absolute atomic E-state index is 12.3. The summed E-state index contributed by atoms with van der Waals surface area (Å²) in [5.41, 5.74) is 4.48. The number of thiocarbonyl (C=S) groups is 1. The van der Waals surface area contributed by atoms with Gasteiger partial charge >= 0.3 is 0 Å². The van der Waals surface area contributed by atoms with Crippen LogP contribution in [0.4, 0.5) is 0 Å². The van der Waals surface area contributed by atoms with Crippen LogP contribution in [0.5, 0.6) is 5.75 Å². The van der Waals surface area contributed by atoms with Crippen LogP contribution < -0.4 is 20.7 Å². The smallest absolute Gasteiger partial charge is 0.251 e. The lowest BCUT2D eigenvalue weighted by Gasteiger charge is -2.31. The standard InChI is InChI=1S/C16H21N3O2S/c1-8-7-12(21-5)9(2)6-11(8)14-13(15(20)17-4)10(3)18-16(22)19-14/h6-7,14H,1-5H3,(H,17,20)(H2,18,19,22). The molecular weight excluding hydrogens is 298 g/mol. The molecule has 0 saturated carbocycles. The second-order valence-electron chi connectivity index (χ2n) is 5.33. The summed E-state index contributed by atoms with van der Waals surface area (Å²) < 4.78 is 5.36. The highest BCUT2D eigenvalue weighted by molar-refractivity contribution is 7.80. The largest absolute Gasteiger partial charge is 0.496 e. The summed E-state index contributed by atoms with van der Waals surface area (Å²) in [5, 5.41) is 9.42. The number of ether oxygens (including phenoxy) is 1. The van der Waals surface area contributed by atoms with Gasteiger partial charge in [-0.3, -0.25) is 4.79 Å². The van der Waals surface area contributed by atoms with Crippen LogP contribution in [0.3, 0.4) is 0 Å². The van der Waals surface area contributed by atoms with Crippen LogP contribution >= 0.6 is 12.2 Å². The van der Waals surface area contributed by atoms with E-state index in [-0.39, 0.29) is 11.9 Å². The van der Waals surface area contributed by atoms with E-state index in [0.29, 0.717) is 10.7 Å². The molecule has 22 heavy (non-hydrogen) atoms. The van der Waals surface area contributed by atoms with E-state index in [1.807, 2.05) is 32.9 Å². The van der Waals surface area contributed by atoms with E-state index in [9.17, 15) is 4.79 Å². The number of nitrogens with one attached hydrogen (secondary N) is 3. The van der Waals surface area contributed by atoms with Gasteiger partial charge in [0.15, 0.2) is 5.11 Å². The Bertz CT molecular complexity index is 668. The van der Waals surface area contributed by atoms with E-state index in [1.165, 1.54) is 0 Å². The highest BCUT2D eigenvalue weighted by Gasteiger charge is 2.30. The van der Waals surface area contributed by atoms with Crippen molar-refractivity contribution < 1.29 is 9.53 Å². The van der Waals surface area contributed by atoms with Crippen molar-refractivity contribution in [1.29, 1.82) is 0 Å². The fraction of sp³-hybridized carbons (Fsp3) is 0.375. The highest BCUT2D eigenvalue weighted by Crippen LogP contribution is 2.32. The highest BCUT2D eigenvalue weighted by atomic mass is 32.1. The van der Waals surface area contributed by atoms with Gasteiger partial charge in [-0.1, -0.05) is 0 Å². The molecule has 0 radical (unpaired) electrons. The first-order valence-electron chi connectivity index (χ1n) is 7.04. The Morgan fingerprint density at radius 2 is 1.95 bits per heavy atom. The van der Waals surface area contributed by atoms with Crippen molar-refractivity contribution in [3.05, 3.63) is 40.1 Å². The summed E-state index contributed by atoms with van der Waals surface area (Å²) in [4.78, 5) is 12.3. The normalized spacial score (nSPS) is 17.7. The van der Waals surface area contributed by atoms with E-state index in [0.717, 1.165) is 28.1 Å². The zero-order valence-corrected chi connectivity index (χ0v) is 14.3. The second kappa shape index (κ2) is 6.36. The van der Waals surface area contributed by atoms with E-state index in [4.69, 9.17) is 17.0 Å². The number of aryl methyl sites for hydroxylation is 2. The van der Waals surface area contributed by atoms with Gasteiger partial charge in [0.25, 0.3) is 5.91 Å². The molecule has 0 aromatic heterocycles. The second-order valence-corrected chi connectivity index (χ2v) is 5.74. The Morgan fingerprint density at radius 3 is 2.55 bits per heavy atom. The fourth-order valence-electron chi connectivity index (χ4n) is 2.71. The van der Waals surface area contributed by atoms with Gasteiger partial charge in [-0.05, 0) is 61.8 Å². The molecule has 5 nitrogen and oxygen atoms in total. The number of likely N-dealkylation sites (N-methyl/N-ethyl adjacent to an activating group) is 1. The Hall–Kier alpha value is -2.08. The van der Waals surface area contributed by atoms with E-state index in [2.05, 4.69) is 16.0 Å². The van der Waals surface area contributed by atoms with Gasteiger partial charge < -0.3 is 20.7 Å². The molecule has 0 aliphatic carbocycles. The van der Waals surface area contributed by atoms with Crippen LogP contribution in [0, 0.1) is 13.8 Å². The molecule has 0 bridgehead atoms. The number of hydrogen-bond donors (Lipinski definition) is 3. The van der Waals surface area contributed by atoms with Crippen LogP contribution in [0.15, 0.2) is 23.4 Å². The minimum Gasteiger partial charge on any atom is -0.496 e. The van der Waals surface area contributed by atoms with Crippen molar-refractivity contribution in [2.75, 3.05) is 14.2 Å². The number of rotatable bonds is 3. The maximum Gasteiger partial charge on any atom is 0.251 e. The van der Waals surface area contributed by atoms with Crippen molar-refractivity contribution in [1.82, 2.24) is 16.0 Å². The quantitative estimate of drug-likeness (QED) is 0.742. The molecule has 1 aliphatic rings. The summed E-state index contributed by atoms with van der Waals surface area (Å²) >= 11 is 5.25. The van der Waals surface area contributed by atoms with Crippen molar-refractivity contribution in [3.63, 3.8) is 0 Å². The number of amides is 1. The Balaban J connectivity index is 2.58. The predicted octanol–water partition coefficient (Wildman–Crippen LogP) is 1.85. The maximum atomic E-state index is 12.3. The molecule has 118 valence electrons. The van der Waals surface area contributed by atoms with E-state index >= 15 is 0 Å². The van der Waals surface area contributed by atoms with Gasteiger partial charge in [-0.25, -0.2) is 0 Å². The van der Waals surface area contributed by atoms with Gasteiger partial charge in [-0.2, -0.15) is 0 Å². The predicted molar refractivity (Wildman–Crippen MR) is 90.8 cm³/mol. The first kappa shape index (κ1) is 16.3. The lowest BCUT2D eigenvalue weighted by molar-refractivity contribution is -0.117. The lowest BCUT2D eigenvalue weighted by atomic mass is 9.90. The van der Waals surface area contributed by atoms with E-state index in [1.54, 1.807) is 14.2 Å². The van der Waals surface area contributed by atoms with Crippen LogP contribution in [0.2, 0.25) is 0 Å². The summed E-state index contributed by atoms with van der Waals surface area (Å²) in [5.74, 6) is 0.706. The van der Waals surface area contributed by atoms with Gasteiger partial charge in [0, 0.05) is 12.7 Å². The van der Waals surface area contributed by atoms with Gasteiger partial charge in [0.2, 0.25) is 0 Å². The monoisotopic (exact) mass is 319 g/mol. The summed E-state index contributed by atoms with van der Waals surface area (Å²) in [6.07, 6.45) is 0. The summed E-state index contributed by atoms with van der Waals surface area (Å²) in [7, 11) is 3.28. The average molecular weight is 319 g/mol. The molecule has 3 N–H and O–H groups in total. The first-order chi connectivity index (χ1) is 10.4. The molecule has 1 amide bonds. The molecule has 2 rings (SSSR count). The topological polar surface area (TPSA) is 62.4 Å². The molecule has 1 unspecified atom stereocenters. The Kier molecular flexibility index (Phi) is 4.71. The van der Waals surface area contributed by atoms with Crippen molar-refractivity contribution >= 4 is 23.2 Å². The third kappa shape index (κ3) is 2.92. The van der Waals surface area contributed by atoms with Gasteiger partial charge in [-0.15, -0.1) is 0 Å². The molecule has 1 heterocycles. The number of carbonyl (C=O) groups excluding carboxylic acids is 1. The number of hydrogen-bond acceptors (Lipinski definition) is 3. The van der Waals surface area contributed by atoms with Crippen molar-refractivity contribution in [3.8, 4) is 5.75 Å². The average Bonchev–Trinajstić information content (AvgIpc) is 2.47. The number of benzene rings is 1. The summed E-state index contributed by atoms with van der Waals surface area (Å²) in [6, 6.07) is 3.74. The minimum absolute atomic E-state index is 0.127. The van der Waals surface area contributed by atoms with Gasteiger partial charge in [0.1, 0.15) is 5.75 Å². The Morgan fingerprint density at radius 1 is 1.27 bits per heavy atom. The van der Waals surface area contributed by atoms with E-state index < -0.39 is 0 Å². The third-order valence-corrected chi connectivity index (χ3v) is 4.06. The Labute approximate surface area is 136 Å². The zero-order valence-electron chi connectivity index (χ0n) is 13.5. The van der Waals surface area contributed by atoms with Crippen molar-refractivity contribution in [2.45, 2.75) is 26.8 Å². The molecule has 1 atom stereocenters. The van der Waals surface area contributed by atoms with Gasteiger partial charge in [0.05, 0.1) is 18.7 Å². The zero-order chi connectivity index (χ0) is 16.4.